The van der Waals surface area contributed by atoms with Gasteiger partial charge in [0.2, 0.25) is 0 Å². The Kier molecular flexibility index (Phi) is 8.47. The average molecular weight is 828 g/mol. The van der Waals surface area contributed by atoms with Crippen molar-refractivity contribution in [1.29, 1.82) is 0 Å². The third kappa shape index (κ3) is 5.74. The molecule has 65 heavy (non-hydrogen) atoms. The fourth-order valence-corrected chi connectivity index (χ4v) is 10.8. The number of hydrogen-bond donors (Lipinski definition) is 0. The number of para-hydroxylation sites is 1. The van der Waals surface area contributed by atoms with Gasteiger partial charge in [-0.15, -0.1) is 0 Å². The Morgan fingerprint density at radius 2 is 0.800 bits per heavy atom. The van der Waals surface area contributed by atoms with Gasteiger partial charge in [-0.1, -0.05) is 212 Å². The van der Waals surface area contributed by atoms with E-state index in [1.165, 1.54) is 60.8 Å². The minimum atomic E-state index is -0.592. The van der Waals surface area contributed by atoms with Gasteiger partial charge in [0.05, 0.1) is 11.1 Å². The lowest BCUT2D eigenvalue weighted by Gasteiger charge is -2.40. The van der Waals surface area contributed by atoms with Crippen molar-refractivity contribution >= 4 is 38.6 Å². The molecule has 13 rings (SSSR count). The molecule has 11 aromatic carbocycles. The molecule has 0 bridgehead atoms. The standard InChI is InChI=1S/C63H41NO/c1-4-17-42(18-5-1)48-31-35-51(43-19-6-2-7-20-43)60(41-48)64(49-24-8-3-9-25-49)50-26-16-23-46(39-50)47-34-36-57-55(40-47)54-29-14-15-30-56(54)63(57)58-37-32-44-21-10-12-27-52(44)61(58)65-62-53-28-13-11-22-45(53)33-38-59(62)63/h1-41H. The van der Waals surface area contributed by atoms with E-state index in [4.69, 9.17) is 4.74 Å². The van der Waals surface area contributed by atoms with Gasteiger partial charge >= 0.3 is 0 Å². The van der Waals surface area contributed by atoms with Crippen molar-refractivity contribution in [2.45, 2.75) is 5.41 Å². The van der Waals surface area contributed by atoms with Crippen LogP contribution in [0.5, 0.6) is 11.5 Å². The Balaban J connectivity index is 1.02. The first-order valence-corrected chi connectivity index (χ1v) is 22.4. The number of nitrogens with zero attached hydrogens (tertiary/aromatic N) is 1. The number of fused-ring (bicyclic) bond motifs is 13. The van der Waals surface area contributed by atoms with Crippen molar-refractivity contribution in [2.24, 2.45) is 0 Å². The van der Waals surface area contributed by atoms with E-state index in [1.54, 1.807) is 0 Å². The van der Waals surface area contributed by atoms with Gasteiger partial charge in [-0.05, 0) is 97.2 Å². The van der Waals surface area contributed by atoms with Gasteiger partial charge in [-0.25, -0.2) is 0 Å². The van der Waals surface area contributed by atoms with Crippen LogP contribution in [0.4, 0.5) is 17.1 Å². The predicted octanol–water partition coefficient (Wildman–Crippen LogP) is 16.9. The summed E-state index contributed by atoms with van der Waals surface area (Å²) >= 11 is 0. The van der Waals surface area contributed by atoms with Crippen molar-refractivity contribution in [3.8, 4) is 56.0 Å². The minimum Gasteiger partial charge on any atom is -0.455 e. The zero-order valence-electron chi connectivity index (χ0n) is 35.5. The molecule has 0 radical (unpaired) electrons. The minimum absolute atomic E-state index is 0.592. The second kappa shape index (κ2) is 14.8. The highest BCUT2D eigenvalue weighted by Gasteiger charge is 2.51. The van der Waals surface area contributed by atoms with E-state index in [2.05, 4.69) is 254 Å². The maximum absolute atomic E-state index is 7.19. The molecular weight excluding hydrogens is 787 g/mol. The van der Waals surface area contributed by atoms with E-state index in [0.29, 0.717) is 0 Å². The summed E-state index contributed by atoms with van der Waals surface area (Å²) in [6, 6.07) is 90.6. The molecular formula is C63H41NO. The van der Waals surface area contributed by atoms with Crippen molar-refractivity contribution in [1.82, 2.24) is 0 Å². The van der Waals surface area contributed by atoms with Crippen molar-refractivity contribution < 1.29 is 4.74 Å². The molecule has 2 nitrogen and oxygen atoms in total. The average Bonchev–Trinajstić information content (AvgIpc) is 3.67. The Hall–Kier alpha value is -8.46. The predicted molar refractivity (Wildman–Crippen MR) is 270 cm³/mol. The highest BCUT2D eigenvalue weighted by atomic mass is 16.5. The Labute approximate surface area is 378 Å². The molecule has 0 fully saturated rings. The van der Waals surface area contributed by atoms with E-state index in [1.807, 2.05) is 0 Å². The molecule has 0 atom stereocenters. The summed E-state index contributed by atoms with van der Waals surface area (Å²) in [4.78, 5) is 2.42. The lowest BCUT2D eigenvalue weighted by atomic mass is 9.65. The number of hydrogen-bond acceptors (Lipinski definition) is 2. The molecule has 0 saturated heterocycles. The molecule has 1 heterocycles. The molecule has 0 amide bonds. The molecule has 0 N–H and O–H groups in total. The van der Waals surface area contributed by atoms with Crippen LogP contribution in [0.25, 0.3) is 66.1 Å². The van der Waals surface area contributed by atoms with Crippen LogP contribution in [0.1, 0.15) is 22.3 Å². The molecule has 11 aromatic rings. The monoisotopic (exact) mass is 827 g/mol. The highest BCUT2D eigenvalue weighted by Crippen LogP contribution is 2.64. The van der Waals surface area contributed by atoms with Crippen LogP contribution in [0.2, 0.25) is 0 Å². The summed E-state index contributed by atoms with van der Waals surface area (Å²) in [5, 5.41) is 4.57. The topological polar surface area (TPSA) is 12.5 Å². The molecule has 304 valence electrons. The maximum Gasteiger partial charge on any atom is 0.140 e. The Bertz CT molecular complexity index is 3550. The van der Waals surface area contributed by atoms with Crippen LogP contribution in [0.15, 0.2) is 249 Å². The zero-order valence-corrected chi connectivity index (χ0v) is 35.5. The van der Waals surface area contributed by atoms with E-state index in [9.17, 15) is 0 Å². The summed E-state index contributed by atoms with van der Waals surface area (Å²) in [5.41, 5.74) is 17.1. The van der Waals surface area contributed by atoms with Gasteiger partial charge in [-0.3, -0.25) is 0 Å². The SMILES string of the molecule is c1ccc(-c2ccc(-c3ccccc3)c(N(c3ccccc3)c3cccc(-c4ccc5c(c4)-c4ccccc4C54c5ccc6ccccc6c5Oc5c4ccc4ccccc54)c3)c2)cc1. The van der Waals surface area contributed by atoms with Crippen molar-refractivity contribution in [2.75, 3.05) is 4.90 Å². The Morgan fingerprint density at radius 1 is 0.292 bits per heavy atom. The molecule has 2 heteroatoms. The van der Waals surface area contributed by atoms with Crippen LogP contribution in [0.3, 0.4) is 0 Å². The first-order valence-electron chi connectivity index (χ1n) is 22.4. The third-order valence-corrected chi connectivity index (χ3v) is 13.7. The van der Waals surface area contributed by atoms with Gasteiger partial charge in [0.15, 0.2) is 0 Å². The number of rotatable bonds is 6. The first-order chi connectivity index (χ1) is 32.2. The fourth-order valence-electron chi connectivity index (χ4n) is 10.8. The van der Waals surface area contributed by atoms with Gasteiger partial charge in [0, 0.05) is 38.8 Å². The van der Waals surface area contributed by atoms with Crippen LogP contribution in [-0.4, -0.2) is 0 Å². The van der Waals surface area contributed by atoms with Crippen molar-refractivity contribution in [3.05, 3.63) is 271 Å². The maximum atomic E-state index is 7.19. The molecule has 1 aliphatic heterocycles. The van der Waals surface area contributed by atoms with E-state index < -0.39 is 5.41 Å². The Morgan fingerprint density at radius 3 is 1.51 bits per heavy atom. The lowest BCUT2D eigenvalue weighted by Crippen LogP contribution is -2.32. The number of benzene rings is 11. The lowest BCUT2D eigenvalue weighted by molar-refractivity contribution is 0.447. The summed E-state index contributed by atoms with van der Waals surface area (Å²) in [5.74, 6) is 1.86. The summed E-state index contributed by atoms with van der Waals surface area (Å²) < 4.78 is 7.19. The molecule has 0 aromatic heterocycles. The van der Waals surface area contributed by atoms with Gasteiger partial charge < -0.3 is 9.64 Å². The summed E-state index contributed by atoms with van der Waals surface area (Å²) in [6.07, 6.45) is 0. The van der Waals surface area contributed by atoms with Crippen LogP contribution < -0.4 is 9.64 Å². The normalized spacial score (nSPS) is 12.9. The van der Waals surface area contributed by atoms with Crippen LogP contribution in [0, 0.1) is 0 Å². The third-order valence-electron chi connectivity index (χ3n) is 13.7. The molecule has 0 unspecified atom stereocenters. The molecule has 1 aliphatic carbocycles. The summed E-state index contributed by atoms with van der Waals surface area (Å²) in [7, 11) is 0. The van der Waals surface area contributed by atoms with Crippen molar-refractivity contribution in [3.63, 3.8) is 0 Å². The van der Waals surface area contributed by atoms with Gasteiger partial charge in [-0.2, -0.15) is 0 Å². The number of anilines is 3. The first kappa shape index (κ1) is 37.1. The largest absolute Gasteiger partial charge is 0.455 e. The molecule has 1 spiro atoms. The van der Waals surface area contributed by atoms with E-state index in [0.717, 1.165) is 56.0 Å². The van der Waals surface area contributed by atoms with Gasteiger partial charge in [0.1, 0.15) is 11.5 Å². The number of ether oxygens (including phenoxy) is 1. The second-order valence-corrected chi connectivity index (χ2v) is 17.2. The molecule has 2 aliphatic rings. The smallest absolute Gasteiger partial charge is 0.140 e. The highest BCUT2D eigenvalue weighted by molar-refractivity contribution is 6.00. The van der Waals surface area contributed by atoms with E-state index >= 15 is 0 Å². The van der Waals surface area contributed by atoms with E-state index in [-0.39, 0.29) is 0 Å². The zero-order chi connectivity index (χ0) is 42.9. The second-order valence-electron chi connectivity index (χ2n) is 17.2. The fraction of sp³-hybridized carbons (Fsp3) is 0.0159. The molecule has 0 saturated carbocycles. The summed E-state index contributed by atoms with van der Waals surface area (Å²) in [6.45, 7) is 0. The van der Waals surface area contributed by atoms with Crippen LogP contribution >= 0.6 is 0 Å². The van der Waals surface area contributed by atoms with Crippen LogP contribution in [-0.2, 0) is 5.41 Å². The quantitative estimate of drug-likeness (QED) is 0.166. The van der Waals surface area contributed by atoms with Gasteiger partial charge in [0.25, 0.3) is 0 Å².